The van der Waals surface area contributed by atoms with Crippen LogP contribution in [0.3, 0.4) is 0 Å². The lowest BCUT2D eigenvalue weighted by molar-refractivity contribution is 0.0473. The molecule has 1 rings (SSSR count). The zero-order chi connectivity index (χ0) is 22.4. The fourth-order valence-electron chi connectivity index (χ4n) is 2.35. The summed E-state index contributed by atoms with van der Waals surface area (Å²) < 4.78 is 81.2. The summed E-state index contributed by atoms with van der Waals surface area (Å²) in [6, 6.07) is 0.206. The van der Waals surface area contributed by atoms with Gasteiger partial charge in [-0.1, -0.05) is 0 Å². The van der Waals surface area contributed by atoms with Crippen molar-refractivity contribution in [2.75, 3.05) is 6.54 Å². The topological polar surface area (TPSA) is 77.0 Å². The first-order valence-electron chi connectivity index (χ1n) is 8.93. The second-order valence-electron chi connectivity index (χ2n) is 6.72. The summed E-state index contributed by atoms with van der Waals surface area (Å²) in [6.45, 7) is 6.95. The number of benzene rings is 1. The van der Waals surface area contributed by atoms with Crippen molar-refractivity contribution in [2.45, 2.75) is 58.8 Å². The van der Waals surface area contributed by atoms with Gasteiger partial charge in [0.15, 0.2) is 0 Å². The molecule has 1 amide bonds. The average molecular weight is 445 g/mol. The van der Waals surface area contributed by atoms with E-state index in [1.165, 1.54) is 0 Å². The summed E-state index contributed by atoms with van der Waals surface area (Å²) in [6.07, 6.45) is -1.20. The molecule has 2 N–H and O–H groups in total. The first kappa shape index (κ1) is 25.3. The number of rotatable bonds is 10. The van der Waals surface area contributed by atoms with Gasteiger partial charge in [0.2, 0.25) is 34.8 Å². The maximum atomic E-state index is 13.5. The van der Waals surface area contributed by atoms with Gasteiger partial charge in [-0.2, -0.15) is 8.78 Å². The number of hydrogen-bond acceptors (Lipinski definition) is 5. The zero-order valence-corrected chi connectivity index (χ0v) is 17.5. The van der Waals surface area contributed by atoms with Crippen LogP contribution in [-0.4, -0.2) is 38.4 Å². The number of halogens is 5. The maximum Gasteiger partial charge on any atom is 0.498 e. The van der Waals surface area contributed by atoms with E-state index >= 15 is 0 Å². The Balaban J connectivity index is 2.55. The van der Waals surface area contributed by atoms with E-state index < -0.39 is 49.7 Å². The molecule has 0 saturated heterocycles. The molecule has 0 spiro atoms. The molecule has 0 saturated carbocycles. The van der Waals surface area contributed by atoms with Gasteiger partial charge in [0.05, 0.1) is 0 Å². The highest BCUT2D eigenvalue weighted by Gasteiger charge is 2.38. The predicted octanol–water partition coefficient (Wildman–Crippen LogP) is 4.03. The van der Waals surface area contributed by atoms with E-state index in [2.05, 4.69) is 10.1 Å². The Morgan fingerprint density at radius 3 is 1.79 bits per heavy atom. The molecule has 0 aliphatic carbocycles. The number of hydrogen-bond donors (Lipinski definition) is 2. The van der Waals surface area contributed by atoms with Crippen LogP contribution in [0.15, 0.2) is 0 Å². The Kier molecular flexibility index (Phi) is 9.46. The number of ether oxygens (including phenoxy) is 1. The fourth-order valence-corrected chi connectivity index (χ4v) is 4.81. The van der Waals surface area contributed by atoms with E-state index in [1.54, 1.807) is 27.7 Å². The van der Waals surface area contributed by atoms with Crippen molar-refractivity contribution in [1.82, 2.24) is 5.32 Å². The second-order valence-corrected chi connectivity index (χ2v) is 9.12. The van der Waals surface area contributed by atoms with Gasteiger partial charge in [0.1, 0.15) is 0 Å². The van der Waals surface area contributed by atoms with Crippen LogP contribution in [0.2, 0.25) is 6.04 Å². The van der Waals surface area contributed by atoms with Crippen molar-refractivity contribution in [3.8, 4) is 5.75 Å². The minimum atomic E-state index is -3.41. The first-order valence-corrected chi connectivity index (χ1v) is 10.9. The largest absolute Gasteiger partial charge is 0.498 e. The third-order valence-corrected chi connectivity index (χ3v) is 6.06. The van der Waals surface area contributed by atoms with Crippen LogP contribution in [0.4, 0.5) is 26.7 Å². The standard InChI is InChI=1S/C17H24F5NO5Si/c1-9(2)27-29(25,28-10(3)4)8-6-5-7-23-17(24)26-16-14(21)12(19)11(18)13(20)15(16)22/h9-10,25H,5-8H2,1-4H3,(H,23,24). The molecule has 0 bridgehead atoms. The smallest absolute Gasteiger partial charge is 0.404 e. The van der Waals surface area contributed by atoms with Gasteiger partial charge in [0.25, 0.3) is 0 Å². The van der Waals surface area contributed by atoms with Gasteiger partial charge in [-0.05, 0) is 40.5 Å². The molecule has 0 atom stereocenters. The lowest BCUT2D eigenvalue weighted by Gasteiger charge is -2.28. The second kappa shape index (κ2) is 10.9. The van der Waals surface area contributed by atoms with Gasteiger partial charge >= 0.3 is 14.9 Å². The van der Waals surface area contributed by atoms with Crippen molar-refractivity contribution in [3.63, 3.8) is 0 Å². The highest BCUT2D eigenvalue weighted by molar-refractivity contribution is 6.59. The van der Waals surface area contributed by atoms with Crippen LogP contribution in [0.1, 0.15) is 40.5 Å². The summed E-state index contributed by atoms with van der Waals surface area (Å²) in [7, 11) is -3.41. The van der Waals surface area contributed by atoms with Crippen LogP contribution in [0, 0.1) is 29.1 Å². The van der Waals surface area contributed by atoms with E-state index in [1.807, 2.05) is 0 Å². The molecule has 0 radical (unpaired) electrons. The number of unbranched alkanes of at least 4 members (excludes halogenated alkanes) is 1. The monoisotopic (exact) mass is 445 g/mol. The number of carbonyl (C=O) groups is 1. The van der Waals surface area contributed by atoms with Crippen molar-refractivity contribution in [1.29, 1.82) is 0 Å². The molecule has 166 valence electrons. The van der Waals surface area contributed by atoms with E-state index in [4.69, 9.17) is 8.85 Å². The SMILES string of the molecule is CC(C)O[Si](O)(CCCCNC(=O)Oc1c(F)c(F)c(F)c(F)c1F)OC(C)C. The lowest BCUT2D eigenvalue weighted by Crippen LogP contribution is -2.46. The molecule has 0 fully saturated rings. The molecule has 6 nitrogen and oxygen atoms in total. The van der Waals surface area contributed by atoms with Gasteiger partial charge in [-0.15, -0.1) is 0 Å². The van der Waals surface area contributed by atoms with Gasteiger partial charge in [-0.3, -0.25) is 0 Å². The molecule has 0 aliphatic heterocycles. The third kappa shape index (κ3) is 7.53. The Morgan fingerprint density at radius 1 is 0.897 bits per heavy atom. The number of nitrogens with one attached hydrogen (secondary N) is 1. The van der Waals surface area contributed by atoms with Gasteiger partial charge in [0, 0.05) is 24.8 Å². The minimum Gasteiger partial charge on any atom is -0.404 e. The molecule has 0 heterocycles. The van der Waals surface area contributed by atoms with Crippen LogP contribution in [0.5, 0.6) is 5.75 Å². The average Bonchev–Trinajstić information content (AvgIpc) is 2.60. The van der Waals surface area contributed by atoms with E-state index in [0.29, 0.717) is 12.8 Å². The van der Waals surface area contributed by atoms with Gasteiger partial charge < -0.3 is 23.7 Å². The highest BCUT2D eigenvalue weighted by atomic mass is 28.4. The quantitative estimate of drug-likeness (QED) is 0.187. The molecular formula is C17H24F5NO5Si. The van der Waals surface area contributed by atoms with E-state index in [-0.39, 0.29) is 24.8 Å². The predicted molar refractivity (Wildman–Crippen MR) is 94.7 cm³/mol. The third-order valence-electron chi connectivity index (χ3n) is 3.39. The molecule has 12 heteroatoms. The van der Waals surface area contributed by atoms with E-state index in [0.717, 1.165) is 0 Å². The van der Waals surface area contributed by atoms with Crippen LogP contribution in [-0.2, 0) is 8.85 Å². The first-order chi connectivity index (χ1) is 13.4. The number of carbonyl (C=O) groups excluding carboxylic acids is 1. The molecular weight excluding hydrogens is 421 g/mol. The lowest BCUT2D eigenvalue weighted by atomic mass is 10.2. The highest BCUT2D eigenvalue weighted by Crippen LogP contribution is 2.29. The Bertz CT molecular complexity index is 681. The summed E-state index contributed by atoms with van der Waals surface area (Å²) >= 11 is 0. The fraction of sp³-hybridized carbons (Fsp3) is 0.588. The summed E-state index contributed by atoms with van der Waals surface area (Å²) in [5, 5.41) is 2.13. The summed E-state index contributed by atoms with van der Waals surface area (Å²) in [4.78, 5) is 22.1. The van der Waals surface area contributed by atoms with Crippen LogP contribution >= 0.6 is 0 Å². The zero-order valence-electron chi connectivity index (χ0n) is 16.5. The van der Waals surface area contributed by atoms with Crippen molar-refractivity contribution >= 4 is 14.9 Å². The molecule has 0 unspecified atom stereocenters. The molecule has 0 aliphatic rings. The van der Waals surface area contributed by atoms with Crippen molar-refractivity contribution in [2.24, 2.45) is 0 Å². The molecule has 1 aromatic carbocycles. The van der Waals surface area contributed by atoms with Gasteiger partial charge in [-0.25, -0.2) is 18.0 Å². The van der Waals surface area contributed by atoms with Crippen LogP contribution < -0.4 is 10.1 Å². The number of amides is 1. The summed E-state index contributed by atoms with van der Waals surface area (Å²) in [5.74, 6) is -13.0. The normalized spacial score (nSPS) is 12.0. The molecule has 29 heavy (non-hydrogen) atoms. The van der Waals surface area contributed by atoms with Crippen LogP contribution in [0.25, 0.3) is 0 Å². The molecule has 1 aromatic rings. The van der Waals surface area contributed by atoms with Crippen molar-refractivity contribution < 1.29 is 45.1 Å². The molecule has 0 aromatic heterocycles. The minimum absolute atomic E-state index is 0.0396. The maximum absolute atomic E-state index is 13.5. The Hall–Kier alpha value is -1.76. The van der Waals surface area contributed by atoms with Crippen molar-refractivity contribution in [3.05, 3.63) is 29.1 Å². The Labute approximate surface area is 166 Å². The van der Waals surface area contributed by atoms with E-state index in [9.17, 15) is 31.5 Å². The summed E-state index contributed by atoms with van der Waals surface area (Å²) in [5.41, 5.74) is 0. The Morgan fingerprint density at radius 2 is 1.34 bits per heavy atom.